The van der Waals surface area contributed by atoms with Crippen LogP contribution in [0.15, 0.2) is 29.3 Å². The highest BCUT2D eigenvalue weighted by Gasteiger charge is 2.17. The Bertz CT molecular complexity index is 506. The van der Waals surface area contributed by atoms with E-state index in [1.54, 1.807) is 32.4 Å². The first-order valence-electron chi connectivity index (χ1n) is 7.82. The smallest absolute Gasteiger partial charge is 0.191 e. The Labute approximate surface area is 138 Å². The Kier molecular flexibility index (Phi) is 7.81. The van der Waals surface area contributed by atoms with E-state index in [-0.39, 0.29) is 23.3 Å². The van der Waals surface area contributed by atoms with Crippen molar-refractivity contribution in [3.8, 4) is 5.75 Å². The molecule has 6 heteroatoms. The predicted octanol–water partition coefficient (Wildman–Crippen LogP) is 2.57. The Morgan fingerprint density at radius 3 is 2.57 bits per heavy atom. The third-order valence-corrected chi connectivity index (χ3v) is 3.54. The van der Waals surface area contributed by atoms with E-state index in [1.165, 1.54) is 6.07 Å². The van der Waals surface area contributed by atoms with Crippen molar-refractivity contribution in [3.63, 3.8) is 0 Å². The number of hydrogen-bond acceptors (Lipinski definition) is 3. The van der Waals surface area contributed by atoms with Gasteiger partial charge in [0.05, 0.1) is 12.1 Å². The second kappa shape index (κ2) is 9.35. The first-order chi connectivity index (χ1) is 10.9. The number of nitrogens with zero attached hydrogens (tertiary/aromatic N) is 1. The van der Waals surface area contributed by atoms with E-state index >= 15 is 0 Å². The van der Waals surface area contributed by atoms with Gasteiger partial charge < -0.3 is 20.1 Å². The summed E-state index contributed by atoms with van der Waals surface area (Å²) in [4.78, 5) is 4.17. The van der Waals surface area contributed by atoms with Crippen molar-refractivity contribution in [2.75, 3.05) is 27.2 Å². The molecule has 1 aromatic carbocycles. The summed E-state index contributed by atoms with van der Waals surface area (Å²) < 4.78 is 24.7. The number of nitrogens with one attached hydrogen (secondary N) is 2. The molecule has 23 heavy (non-hydrogen) atoms. The Morgan fingerprint density at radius 2 is 2.00 bits per heavy atom. The third-order valence-electron chi connectivity index (χ3n) is 3.54. The quantitative estimate of drug-likeness (QED) is 0.570. The van der Waals surface area contributed by atoms with Gasteiger partial charge in [0.1, 0.15) is 6.10 Å². The summed E-state index contributed by atoms with van der Waals surface area (Å²) in [6.07, 6.45) is 0.600. The molecule has 1 unspecified atom stereocenters. The van der Waals surface area contributed by atoms with E-state index in [1.807, 2.05) is 20.8 Å². The standard InChI is InChI=1S/C17H28FN3O2/c1-6-13(23-15-10-8-7-9-14(15)18)11-20-16(19-4)21-12-17(2,3)22-5/h7-10,13H,6,11-12H2,1-5H3,(H2,19,20,21). The number of para-hydroxylation sites is 1. The molecule has 0 aromatic heterocycles. The summed E-state index contributed by atoms with van der Waals surface area (Å²) in [6.45, 7) is 7.12. The highest BCUT2D eigenvalue weighted by atomic mass is 19.1. The molecule has 0 aliphatic heterocycles. The van der Waals surface area contributed by atoms with Gasteiger partial charge in [0.2, 0.25) is 0 Å². The fourth-order valence-corrected chi connectivity index (χ4v) is 1.79. The average molecular weight is 325 g/mol. The number of halogens is 1. The van der Waals surface area contributed by atoms with Crippen molar-refractivity contribution in [3.05, 3.63) is 30.1 Å². The zero-order valence-corrected chi connectivity index (χ0v) is 14.6. The second-order valence-electron chi connectivity index (χ2n) is 5.85. The number of ether oxygens (including phenoxy) is 2. The monoisotopic (exact) mass is 325 g/mol. The largest absolute Gasteiger partial charge is 0.486 e. The molecule has 0 radical (unpaired) electrons. The van der Waals surface area contributed by atoms with E-state index in [0.29, 0.717) is 19.0 Å². The lowest BCUT2D eigenvalue weighted by atomic mass is 10.1. The molecule has 0 saturated carbocycles. The lowest BCUT2D eigenvalue weighted by Gasteiger charge is -2.25. The summed E-state index contributed by atoms with van der Waals surface area (Å²) in [5.74, 6) is 0.575. The molecule has 0 bridgehead atoms. The summed E-state index contributed by atoms with van der Waals surface area (Å²) in [5, 5.41) is 6.39. The molecular formula is C17H28FN3O2. The molecule has 130 valence electrons. The first kappa shape index (κ1) is 19.2. The van der Waals surface area contributed by atoms with Gasteiger partial charge in [0, 0.05) is 20.7 Å². The number of aliphatic imine (C=N–C) groups is 1. The molecule has 0 aliphatic rings. The van der Waals surface area contributed by atoms with Crippen LogP contribution in [0.1, 0.15) is 27.2 Å². The molecule has 1 aromatic rings. The van der Waals surface area contributed by atoms with Crippen LogP contribution in [0.4, 0.5) is 4.39 Å². The van der Waals surface area contributed by atoms with Crippen LogP contribution < -0.4 is 15.4 Å². The number of rotatable bonds is 8. The number of benzene rings is 1. The van der Waals surface area contributed by atoms with Gasteiger partial charge in [-0.05, 0) is 32.4 Å². The minimum absolute atomic E-state index is 0.152. The highest BCUT2D eigenvalue weighted by Crippen LogP contribution is 2.17. The Morgan fingerprint density at radius 1 is 1.30 bits per heavy atom. The van der Waals surface area contributed by atoms with Crippen LogP contribution in [0, 0.1) is 5.82 Å². The van der Waals surface area contributed by atoms with Crippen molar-refractivity contribution in [1.82, 2.24) is 10.6 Å². The maximum absolute atomic E-state index is 13.6. The van der Waals surface area contributed by atoms with Crippen LogP contribution in [0.5, 0.6) is 5.75 Å². The van der Waals surface area contributed by atoms with Gasteiger partial charge >= 0.3 is 0 Å². The van der Waals surface area contributed by atoms with Crippen molar-refractivity contribution < 1.29 is 13.9 Å². The van der Waals surface area contributed by atoms with Crippen molar-refractivity contribution in [1.29, 1.82) is 0 Å². The highest BCUT2D eigenvalue weighted by molar-refractivity contribution is 5.79. The molecule has 1 rings (SSSR count). The average Bonchev–Trinajstić information content (AvgIpc) is 2.55. The van der Waals surface area contributed by atoms with E-state index in [4.69, 9.17) is 9.47 Å². The number of methoxy groups -OCH3 is 1. The molecule has 0 fully saturated rings. The van der Waals surface area contributed by atoms with Gasteiger partial charge in [-0.25, -0.2) is 4.39 Å². The minimum atomic E-state index is -0.352. The lowest BCUT2D eigenvalue weighted by molar-refractivity contribution is 0.0268. The zero-order valence-electron chi connectivity index (χ0n) is 14.6. The number of guanidine groups is 1. The fraction of sp³-hybridized carbons (Fsp3) is 0.588. The van der Waals surface area contributed by atoms with E-state index in [2.05, 4.69) is 15.6 Å². The van der Waals surface area contributed by atoms with Gasteiger partial charge in [0.15, 0.2) is 17.5 Å². The van der Waals surface area contributed by atoms with Crippen molar-refractivity contribution in [2.45, 2.75) is 38.9 Å². The summed E-state index contributed by atoms with van der Waals surface area (Å²) in [6, 6.07) is 6.42. The van der Waals surface area contributed by atoms with Crippen LogP contribution in [-0.4, -0.2) is 44.9 Å². The molecule has 5 nitrogen and oxygen atoms in total. The molecule has 2 N–H and O–H groups in total. The summed E-state index contributed by atoms with van der Waals surface area (Å²) in [5.41, 5.74) is -0.286. The lowest BCUT2D eigenvalue weighted by Crippen LogP contribution is -2.47. The summed E-state index contributed by atoms with van der Waals surface area (Å²) >= 11 is 0. The third kappa shape index (κ3) is 6.86. The molecule has 0 amide bonds. The van der Waals surface area contributed by atoms with Crippen LogP contribution >= 0.6 is 0 Å². The summed E-state index contributed by atoms with van der Waals surface area (Å²) in [7, 11) is 3.38. The molecule has 0 spiro atoms. The molecule has 0 saturated heterocycles. The normalized spacial score (nSPS) is 13.6. The van der Waals surface area contributed by atoms with Gasteiger partial charge in [-0.15, -0.1) is 0 Å². The topological polar surface area (TPSA) is 54.9 Å². The molecule has 0 aliphatic carbocycles. The van der Waals surface area contributed by atoms with Crippen LogP contribution in [-0.2, 0) is 4.74 Å². The molecular weight excluding hydrogens is 297 g/mol. The minimum Gasteiger partial charge on any atom is -0.486 e. The van der Waals surface area contributed by atoms with E-state index < -0.39 is 0 Å². The second-order valence-corrected chi connectivity index (χ2v) is 5.85. The van der Waals surface area contributed by atoms with Crippen molar-refractivity contribution >= 4 is 5.96 Å². The van der Waals surface area contributed by atoms with Crippen LogP contribution in [0.3, 0.4) is 0 Å². The Hall–Kier alpha value is -1.82. The zero-order chi connectivity index (χ0) is 17.3. The van der Waals surface area contributed by atoms with Crippen LogP contribution in [0.25, 0.3) is 0 Å². The molecule has 0 heterocycles. The first-order valence-corrected chi connectivity index (χ1v) is 7.82. The fourth-order valence-electron chi connectivity index (χ4n) is 1.79. The van der Waals surface area contributed by atoms with Crippen LogP contribution in [0.2, 0.25) is 0 Å². The van der Waals surface area contributed by atoms with E-state index in [9.17, 15) is 4.39 Å². The maximum Gasteiger partial charge on any atom is 0.191 e. The van der Waals surface area contributed by atoms with Gasteiger partial charge in [-0.2, -0.15) is 0 Å². The SMILES string of the molecule is CCC(CNC(=NC)NCC(C)(C)OC)Oc1ccccc1F. The van der Waals surface area contributed by atoms with Gasteiger partial charge in [0.25, 0.3) is 0 Å². The molecule has 1 atom stereocenters. The van der Waals surface area contributed by atoms with E-state index in [0.717, 1.165) is 6.42 Å². The number of hydrogen-bond donors (Lipinski definition) is 2. The van der Waals surface area contributed by atoms with Gasteiger partial charge in [-0.3, -0.25) is 4.99 Å². The van der Waals surface area contributed by atoms with Gasteiger partial charge in [-0.1, -0.05) is 19.1 Å². The maximum atomic E-state index is 13.6. The Balaban J connectivity index is 2.51. The predicted molar refractivity (Wildman–Crippen MR) is 91.6 cm³/mol. The van der Waals surface area contributed by atoms with Crippen molar-refractivity contribution in [2.24, 2.45) is 4.99 Å².